The zero-order chi connectivity index (χ0) is 78.0. The number of piperidine rings is 4. The van der Waals surface area contributed by atoms with Crippen LogP contribution in [-0.4, -0.2) is 208 Å². The Morgan fingerprint density at radius 1 is 0.384 bits per heavy atom. The number of amides is 5. The van der Waals surface area contributed by atoms with Crippen LogP contribution in [0.15, 0.2) is 72.8 Å². The number of nitrogens with one attached hydrogen (secondary N) is 4. The number of H-pyrrole nitrogens is 4. The number of benzene rings is 4. The van der Waals surface area contributed by atoms with Crippen LogP contribution >= 0.6 is 46.4 Å². The van der Waals surface area contributed by atoms with E-state index in [1.54, 1.807) is 41.0 Å². The van der Waals surface area contributed by atoms with E-state index in [-0.39, 0.29) is 90.7 Å². The molecule has 4 N–H and O–H groups in total. The van der Waals surface area contributed by atoms with Gasteiger partial charge in [0.15, 0.2) is 22.8 Å². The summed E-state index contributed by atoms with van der Waals surface area (Å²) in [6.45, 7) is 14.3. The van der Waals surface area contributed by atoms with Crippen LogP contribution in [0.5, 0.6) is 0 Å². The number of hydrogen-bond acceptors (Lipinski definition) is 12. The Bertz CT molecular complexity index is 4760. The Kier molecular flexibility index (Phi) is 24.6. The van der Waals surface area contributed by atoms with Gasteiger partial charge in [-0.1, -0.05) is 101 Å². The molecule has 0 atom stereocenters. The standard InChI is InChI=1S/2C22H26ClFN4O.C20H22ClFN4O2.C19H22ClFN4O/c23-20-16(5-2-6-18(20)24)14-7-10-27(11-8-14)22(29)21-17-9-12-28(15-3-1-4-15)13-19(17)25-26-21;23-20-16(2-1-3-18(20)24)15-6-10-28(11-7-15)22(29)21-17-8-9-27(12-14-4-5-14)13-19(17)25-26-21;1-12(27)26-10-7-15-17(11-26)23-24-19(15)20(28)25-8-5-13(6-9-25)14-3-2-4-16(22)18(14)21;1-24-8-7-14-16(11-24)22-23-18(14)19(26)25-9-5-12(6-10-25)13-3-2-4-15(21)17(13)20/h2,5-6,14-15H,1,3-4,7-13H2,(H,25,26);1-3,14-15H,4-13H2,(H,25,26);2-4,13H,5-11H2,1H3,(H,23,24);2-4,12H,5-11H2,1H3,(H,22,23). The molecule has 4 aromatic carbocycles. The van der Waals surface area contributed by atoms with Gasteiger partial charge in [0.05, 0.1) is 49.4 Å². The lowest BCUT2D eigenvalue weighted by atomic mass is 9.88. The number of aromatic amines is 4. The average molecular weight is 1620 g/mol. The van der Waals surface area contributed by atoms with Crippen molar-refractivity contribution in [3.05, 3.63) is 206 Å². The van der Waals surface area contributed by atoms with Gasteiger partial charge in [-0.25, -0.2) is 17.6 Å². The van der Waals surface area contributed by atoms with Gasteiger partial charge in [-0.2, -0.15) is 20.4 Å². The van der Waals surface area contributed by atoms with Crippen LogP contribution in [0.2, 0.25) is 20.1 Å². The van der Waals surface area contributed by atoms with Gasteiger partial charge in [-0.3, -0.25) is 54.2 Å². The molecule has 594 valence electrons. The first-order valence-electron chi connectivity index (χ1n) is 39.8. The molecule has 29 heteroatoms. The Balaban J connectivity index is 0.000000118. The molecule has 0 radical (unpaired) electrons. The highest BCUT2D eigenvalue weighted by molar-refractivity contribution is 6.32. The third-order valence-electron chi connectivity index (χ3n) is 24.9. The van der Waals surface area contributed by atoms with Gasteiger partial charge in [0.2, 0.25) is 5.91 Å². The Hall–Kier alpha value is -8.17. The largest absolute Gasteiger partial charge is 0.337 e. The number of aromatic nitrogens is 8. The molecule has 5 amide bonds. The van der Waals surface area contributed by atoms with Crippen molar-refractivity contribution in [2.75, 3.05) is 92.1 Å². The van der Waals surface area contributed by atoms with Crippen LogP contribution in [0.3, 0.4) is 0 Å². The summed E-state index contributed by atoms with van der Waals surface area (Å²) < 4.78 is 55.0. The average Bonchev–Trinajstić information content (AvgIpc) is 1.61. The topological polar surface area (TPSA) is 226 Å². The number of carbonyl (C=O) groups is 5. The number of fused-ring (bicyclic) bond motifs is 4. The van der Waals surface area contributed by atoms with Gasteiger partial charge in [0.25, 0.3) is 23.6 Å². The van der Waals surface area contributed by atoms with Crippen molar-refractivity contribution >= 4 is 75.9 Å². The fourth-order valence-electron chi connectivity index (χ4n) is 17.9. The molecular formula is C83H96Cl4F4N16O5. The monoisotopic (exact) mass is 1610 g/mol. The third kappa shape index (κ3) is 17.3. The van der Waals surface area contributed by atoms with Crippen LogP contribution in [-0.2, 0) is 56.7 Å². The van der Waals surface area contributed by atoms with Gasteiger partial charge < -0.3 is 29.4 Å². The van der Waals surface area contributed by atoms with Crippen molar-refractivity contribution in [1.29, 1.82) is 0 Å². The molecular weight excluding hydrogens is 1520 g/mol. The van der Waals surface area contributed by atoms with Gasteiger partial charge >= 0.3 is 0 Å². The smallest absolute Gasteiger partial charge is 0.274 e. The second-order valence-corrected chi connectivity index (χ2v) is 33.4. The van der Waals surface area contributed by atoms with E-state index in [2.05, 4.69) is 62.5 Å². The summed E-state index contributed by atoms with van der Waals surface area (Å²) in [6.07, 6.45) is 16.1. The lowest BCUT2D eigenvalue weighted by molar-refractivity contribution is -0.129. The number of carbonyl (C=O) groups excluding carboxylic acids is 5. The number of halogens is 8. The molecule has 0 unspecified atom stereocenters. The minimum Gasteiger partial charge on any atom is -0.337 e. The minimum atomic E-state index is -0.402. The highest BCUT2D eigenvalue weighted by Gasteiger charge is 2.39. The van der Waals surface area contributed by atoms with Crippen molar-refractivity contribution in [3.8, 4) is 0 Å². The van der Waals surface area contributed by atoms with Crippen molar-refractivity contribution in [3.63, 3.8) is 0 Å². The molecule has 18 rings (SSSR count). The van der Waals surface area contributed by atoms with Crippen LogP contribution in [0, 0.1) is 29.2 Å². The highest BCUT2D eigenvalue weighted by atomic mass is 35.5. The summed E-state index contributed by atoms with van der Waals surface area (Å²) in [7, 11) is 2.06. The maximum Gasteiger partial charge on any atom is 0.274 e. The van der Waals surface area contributed by atoms with Crippen molar-refractivity contribution in [1.82, 2.24) is 80.0 Å². The van der Waals surface area contributed by atoms with Crippen molar-refractivity contribution < 1.29 is 41.5 Å². The quantitative estimate of drug-likeness (QED) is 0.0887. The van der Waals surface area contributed by atoms with E-state index in [0.29, 0.717) is 101 Å². The fraction of sp³-hybridized carbons (Fsp3) is 0.506. The van der Waals surface area contributed by atoms with Crippen LogP contribution < -0.4 is 0 Å². The Morgan fingerprint density at radius 2 is 0.705 bits per heavy atom. The summed E-state index contributed by atoms with van der Waals surface area (Å²) >= 11 is 24.6. The molecule has 4 aromatic heterocycles. The maximum atomic E-state index is 13.8. The molecule has 8 aromatic rings. The molecule has 12 heterocycles. The first-order chi connectivity index (χ1) is 54.2. The molecule has 2 aliphatic carbocycles. The van der Waals surface area contributed by atoms with Crippen molar-refractivity contribution in [2.24, 2.45) is 5.92 Å². The van der Waals surface area contributed by atoms with Crippen molar-refractivity contribution in [2.45, 2.75) is 172 Å². The summed E-state index contributed by atoms with van der Waals surface area (Å²) in [6, 6.07) is 20.5. The predicted octanol–water partition coefficient (Wildman–Crippen LogP) is 14.5. The summed E-state index contributed by atoms with van der Waals surface area (Å²) in [4.78, 5) is 80.1. The zero-order valence-corrected chi connectivity index (χ0v) is 66.4. The van der Waals surface area contributed by atoms with Gasteiger partial charge in [0.1, 0.15) is 23.3 Å². The van der Waals surface area contributed by atoms with Gasteiger partial charge in [-0.05, 0) is 186 Å². The normalized spacial score (nSPS) is 19.6. The lowest BCUT2D eigenvalue weighted by Gasteiger charge is -2.39. The Labute approximate surface area is 669 Å². The van der Waals surface area contributed by atoms with Gasteiger partial charge in [-0.15, -0.1) is 0 Å². The van der Waals surface area contributed by atoms with Crippen LogP contribution in [0.1, 0.15) is 223 Å². The molecule has 0 bridgehead atoms. The van der Waals surface area contributed by atoms with E-state index in [1.807, 2.05) is 39.0 Å². The summed E-state index contributed by atoms with van der Waals surface area (Å²) in [5.74, 6) is 0.00381. The van der Waals surface area contributed by atoms with E-state index in [4.69, 9.17) is 46.4 Å². The Morgan fingerprint density at radius 3 is 1.04 bits per heavy atom. The highest BCUT2D eigenvalue weighted by Crippen LogP contribution is 2.41. The lowest BCUT2D eigenvalue weighted by Crippen LogP contribution is -2.43. The third-order valence-corrected chi connectivity index (χ3v) is 26.5. The molecule has 4 saturated heterocycles. The number of hydrogen-bond donors (Lipinski definition) is 4. The molecule has 6 fully saturated rings. The van der Waals surface area contributed by atoms with E-state index in [1.165, 1.54) is 56.4 Å². The summed E-state index contributed by atoms with van der Waals surface area (Å²) in [5.41, 5.74) is 13.8. The first-order valence-corrected chi connectivity index (χ1v) is 41.3. The van der Waals surface area contributed by atoms with E-state index in [0.717, 1.165) is 190 Å². The number of likely N-dealkylation sites (tertiary alicyclic amines) is 4. The zero-order valence-electron chi connectivity index (χ0n) is 63.4. The SMILES string of the molecule is CC(=O)N1CCc2c(C(=O)N3CCC(c4cccc(F)c4Cl)CC3)n[nH]c2C1.CN1CCc2c(C(=O)N3CCC(c4cccc(F)c4Cl)CC3)n[nH]c2C1.O=C(c1n[nH]c2c1CCN(C1CCC1)C2)N1CCC(c2cccc(F)c2Cl)CC1.O=C(c1n[nH]c2c1CCN(CC1CC1)C2)N1CCC(c2cccc(F)c2Cl)CC1. The fourth-order valence-corrected chi connectivity index (χ4v) is 19.0. The van der Waals surface area contributed by atoms with E-state index >= 15 is 0 Å². The number of rotatable bonds is 11. The second-order valence-electron chi connectivity index (χ2n) is 31.9. The molecule has 0 spiro atoms. The van der Waals surface area contributed by atoms with Crippen LogP contribution in [0.25, 0.3) is 0 Å². The molecule has 112 heavy (non-hydrogen) atoms. The predicted molar refractivity (Wildman–Crippen MR) is 420 cm³/mol. The molecule has 10 aliphatic rings. The van der Waals surface area contributed by atoms with Gasteiger partial charge in [0, 0.05) is 140 Å². The first kappa shape index (κ1) is 79.1. The second kappa shape index (κ2) is 34.9. The molecule has 8 aliphatic heterocycles. The maximum absolute atomic E-state index is 13.8. The molecule has 21 nitrogen and oxygen atoms in total. The summed E-state index contributed by atoms with van der Waals surface area (Å²) in [5, 5.41) is 30.4. The van der Waals surface area contributed by atoms with E-state index < -0.39 is 5.82 Å². The number of likely N-dealkylation sites (N-methyl/N-ethyl adjacent to an activating group) is 1. The number of nitrogens with zero attached hydrogens (tertiary/aromatic N) is 12. The molecule has 2 saturated carbocycles. The van der Waals surface area contributed by atoms with E-state index in [9.17, 15) is 41.5 Å². The minimum absolute atomic E-state index is 0.00385. The van der Waals surface area contributed by atoms with Crippen LogP contribution in [0.4, 0.5) is 17.6 Å².